The molecular formula is C8H5BrF5NO. The second-order valence-corrected chi connectivity index (χ2v) is 3.61. The van der Waals surface area contributed by atoms with E-state index in [-0.39, 0.29) is 4.47 Å². The highest BCUT2D eigenvalue weighted by Crippen LogP contribution is 2.37. The second-order valence-electron chi connectivity index (χ2n) is 2.76. The van der Waals surface area contributed by atoms with Crippen LogP contribution in [0.4, 0.5) is 27.6 Å². The van der Waals surface area contributed by atoms with Crippen molar-refractivity contribution in [2.24, 2.45) is 0 Å². The Hall–Kier alpha value is -1.05. The molecule has 1 rings (SSSR count). The Labute approximate surface area is 95.3 Å². The summed E-state index contributed by atoms with van der Waals surface area (Å²) in [5, 5.41) is 0. The number of hydrogen-bond donors (Lipinski definition) is 1. The van der Waals surface area contributed by atoms with E-state index in [9.17, 15) is 22.0 Å². The SMILES string of the molecule is Nc1cc(C(F)F)c(Br)cc1OC(F)(F)F. The number of nitrogen functional groups attached to an aromatic ring is 1. The van der Waals surface area contributed by atoms with Crippen LogP contribution in [0.1, 0.15) is 12.0 Å². The monoisotopic (exact) mass is 305 g/mol. The summed E-state index contributed by atoms with van der Waals surface area (Å²) >= 11 is 2.71. The van der Waals surface area contributed by atoms with Gasteiger partial charge in [0.2, 0.25) is 0 Å². The van der Waals surface area contributed by atoms with E-state index in [0.29, 0.717) is 0 Å². The topological polar surface area (TPSA) is 35.2 Å². The van der Waals surface area contributed by atoms with Crippen molar-refractivity contribution in [2.45, 2.75) is 12.8 Å². The van der Waals surface area contributed by atoms with Crippen molar-refractivity contribution in [1.29, 1.82) is 0 Å². The molecule has 0 amide bonds. The third-order valence-electron chi connectivity index (χ3n) is 1.59. The minimum Gasteiger partial charge on any atom is -0.404 e. The van der Waals surface area contributed by atoms with Crippen LogP contribution in [0.3, 0.4) is 0 Å². The summed E-state index contributed by atoms with van der Waals surface area (Å²) in [5.74, 6) is -0.719. The van der Waals surface area contributed by atoms with Gasteiger partial charge in [0.1, 0.15) is 0 Å². The first kappa shape index (κ1) is 13.0. The van der Waals surface area contributed by atoms with Crippen LogP contribution in [0, 0.1) is 0 Å². The predicted octanol–water partition coefficient (Wildman–Crippen LogP) is 3.87. The fraction of sp³-hybridized carbons (Fsp3) is 0.250. The van der Waals surface area contributed by atoms with E-state index in [1.165, 1.54) is 0 Å². The summed E-state index contributed by atoms with van der Waals surface area (Å²) in [6, 6.07) is 1.49. The number of ether oxygens (including phenoxy) is 1. The molecule has 0 atom stereocenters. The van der Waals surface area contributed by atoms with Gasteiger partial charge in [-0.25, -0.2) is 8.78 Å². The quantitative estimate of drug-likeness (QED) is 0.665. The van der Waals surface area contributed by atoms with Crippen molar-refractivity contribution in [3.05, 3.63) is 22.2 Å². The van der Waals surface area contributed by atoms with Gasteiger partial charge in [-0.3, -0.25) is 0 Å². The maximum atomic E-state index is 12.3. The predicted molar refractivity (Wildman–Crippen MR) is 50.2 cm³/mol. The van der Waals surface area contributed by atoms with E-state index < -0.39 is 29.8 Å². The molecule has 2 N–H and O–H groups in total. The molecule has 0 fully saturated rings. The van der Waals surface area contributed by atoms with Crippen LogP contribution >= 0.6 is 15.9 Å². The molecule has 1 aromatic carbocycles. The van der Waals surface area contributed by atoms with Crippen LogP contribution in [0.25, 0.3) is 0 Å². The van der Waals surface area contributed by atoms with Gasteiger partial charge in [-0.15, -0.1) is 13.2 Å². The Bertz CT molecular complexity index is 393. The summed E-state index contributed by atoms with van der Waals surface area (Å²) in [4.78, 5) is 0. The van der Waals surface area contributed by atoms with Crippen molar-refractivity contribution < 1.29 is 26.7 Å². The molecule has 0 unspecified atom stereocenters. The van der Waals surface area contributed by atoms with Crippen LogP contribution in [0.15, 0.2) is 16.6 Å². The lowest BCUT2D eigenvalue weighted by atomic mass is 10.2. The van der Waals surface area contributed by atoms with Crippen molar-refractivity contribution in [1.82, 2.24) is 0 Å². The minimum absolute atomic E-state index is 0.198. The Morgan fingerprint density at radius 2 is 1.81 bits per heavy atom. The maximum absolute atomic E-state index is 12.3. The lowest BCUT2D eigenvalue weighted by Crippen LogP contribution is -2.18. The van der Waals surface area contributed by atoms with Gasteiger partial charge in [-0.05, 0) is 12.1 Å². The van der Waals surface area contributed by atoms with Gasteiger partial charge in [-0.1, -0.05) is 15.9 Å². The van der Waals surface area contributed by atoms with E-state index in [1.807, 2.05) is 0 Å². The molecule has 8 heteroatoms. The average molecular weight is 306 g/mol. The first-order valence-electron chi connectivity index (χ1n) is 3.83. The summed E-state index contributed by atoms with van der Waals surface area (Å²) < 4.78 is 63.6. The molecule has 2 nitrogen and oxygen atoms in total. The summed E-state index contributed by atoms with van der Waals surface area (Å²) in [5.41, 5.74) is 4.16. The maximum Gasteiger partial charge on any atom is 0.573 e. The zero-order chi connectivity index (χ0) is 12.5. The lowest BCUT2D eigenvalue weighted by molar-refractivity contribution is -0.274. The number of benzene rings is 1. The summed E-state index contributed by atoms with van der Waals surface area (Å²) in [7, 11) is 0. The molecule has 0 aliphatic rings. The fourth-order valence-corrected chi connectivity index (χ4v) is 1.47. The van der Waals surface area contributed by atoms with Gasteiger partial charge in [-0.2, -0.15) is 0 Å². The lowest BCUT2D eigenvalue weighted by Gasteiger charge is -2.13. The number of rotatable bonds is 2. The molecule has 0 aromatic heterocycles. The molecule has 0 spiro atoms. The molecule has 0 aliphatic heterocycles. The van der Waals surface area contributed by atoms with Crippen molar-refractivity contribution in [3.63, 3.8) is 0 Å². The standard InChI is InChI=1S/C8H5BrF5NO/c9-4-2-6(16-8(12,13)14)5(15)1-3(4)7(10)11/h1-2,7H,15H2. The second kappa shape index (κ2) is 4.44. The molecule has 0 radical (unpaired) electrons. The number of anilines is 1. The van der Waals surface area contributed by atoms with Gasteiger partial charge in [0.05, 0.1) is 5.69 Å². The van der Waals surface area contributed by atoms with E-state index in [4.69, 9.17) is 5.73 Å². The Morgan fingerprint density at radius 3 is 2.25 bits per heavy atom. The van der Waals surface area contributed by atoms with Crippen LogP contribution in [-0.2, 0) is 0 Å². The highest BCUT2D eigenvalue weighted by atomic mass is 79.9. The molecule has 1 aromatic rings. The van der Waals surface area contributed by atoms with Crippen molar-refractivity contribution in [2.75, 3.05) is 5.73 Å². The molecule has 0 bridgehead atoms. The minimum atomic E-state index is -4.92. The van der Waals surface area contributed by atoms with E-state index in [0.717, 1.165) is 12.1 Å². The van der Waals surface area contributed by atoms with Crippen LogP contribution in [0.5, 0.6) is 5.75 Å². The van der Waals surface area contributed by atoms with E-state index in [2.05, 4.69) is 20.7 Å². The third kappa shape index (κ3) is 3.22. The van der Waals surface area contributed by atoms with Crippen LogP contribution in [0.2, 0.25) is 0 Å². The number of halogens is 6. The normalized spacial score (nSPS) is 11.9. The molecule has 90 valence electrons. The summed E-state index contributed by atoms with van der Waals surface area (Å²) in [6.07, 6.45) is -7.75. The molecule has 16 heavy (non-hydrogen) atoms. The molecule has 0 saturated heterocycles. The Kier molecular flexibility index (Phi) is 3.61. The van der Waals surface area contributed by atoms with Crippen LogP contribution < -0.4 is 10.5 Å². The van der Waals surface area contributed by atoms with E-state index >= 15 is 0 Å². The number of alkyl halides is 5. The Balaban J connectivity index is 3.11. The first-order chi connectivity index (χ1) is 7.20. The zero-order valence-corrected chi connectivity index (χ0v) is 9.07. The zero-order valence-electron chi connectivity index (χ0n) is 7.49. The van der Waals surface area contributed by atoms with Gasteiger partial charge in [0.15, 0.2) is 5.75 Å². The third-order valence-corrected chi connectivity index (χ3v) is 2.28. The Morgan fingerprint density at radius 1 is 1.25 bits per heavy atom. The highest BCUT2D eigenvalue weighted by Gasteiger charge is 2.32. The smallest absolute Gasteiger partial charge is 0.404 e. The number of nitrogens with two attached hydrogens (primary N) is 1. The fourth-order valence-electron chi connectivity index (χ4n) is 0.970. The molecule has 0 aliphatic carbocycles. The number of hydrogen-bond acceptors (Lipinski definition) is 2. The molecule has 0 heterocycles. The van der Waals surface area contributed by atoms with E-state index in [1.54, 1.807) is 0 Å². The van der Waals surface area contributed by atoms with Gasteiger partial charge >= 0.3 is 6.36 Å². The molecule has 0 saturated carbocycles. The van der Waals surface area contributed by atoms with Crippen molar-refractivity contribution >= 4 is 21.6 Å². The van der Waals surface area contributed by atoms with Gasteiger partial charge in [0, 0.05) is 10.0 Å². The average Bonchev–Trinajstić information content (AvgIpc) is 2.07. The van der Waals surface area contributed by atoms with Gasteiger partial charge in [0.25, 0.3) is 6.43 Å². The largest absolute Gasteiger partial charge is 0.573 e. The highest BCUT2D eigenvalue weighted by molar-refractivity contribution is 9.10. The van der Waals surface area contributed by atoms with Gasteiger partial charge < -0.3 is 10.5 Å². The first-order valence-corrected chi connectivity index (χ1v) is 4.63. The summed E-state index contributed by atoms with van der Waals surface area (Å²) in [6.45, 7) is 0. The van der Waals surface area contributed by atoms with Crippen LogP contribution in [-0.4, -0.2) is 6.36 Å². The molecular weight excluding hydrogens is 301 g/mol. The van der Waals surface area contributed by atoms with Crippen molar-refractivity contribution in [3.8, 4) is 5.75 Å².